The summed E-state index contributed by atoms with van der Waals surface area (Å²) >= 11 is 1.74. The zero-order valence-corrected chi connectivity index (χ0v) is 11.5. The van der Waals surface area contributed by atoms with Gasteiger partial charge in [0, 0.05) is 23.2 Å². The van der Waals surface area contributed by atoms with E-state index in [4.69, 9.17) is 11.5 Å². The van der Waals surface area contributed by atoms with Gasteiger partial charge < -0.3 is 11.5 Å². The summed E-state index contributed by atoms with van der Waals surface area (Å²) in [5, 5.41) is 4.17. The van der Waals surface area contributed by atoms with Gasteiger partial charge in [0.2, 0.25) is 0 Å². The Hall–Kier alpha value is -1.79. The first-order chi connectivity index (χ1) is 9.17. The molecule has 1 aromatic carbocycles. The minimum Gasteiger partial charge on any atom is -0.364 e. The second-order valence-electron chi connectivity index (χ2n) is 3.90. The number of thioether (sulfide) groups is 1. The number of aromatic nitrogens is 2. The second kappa shape index (κ2) is 5.90. The van der Waals surface area contributed by atoms with Gasteiger partial charge in [0.05, 0.1) is 5.69 Å². The smallest absolute Gasteiger partial charge is 0.269 e. The monoisotopic (exact) mass is 276 g/mol. The van der Waals surface area contributed by atoms with Gasteiger partial charge >= 0.3 is 0 Å². The second-order valence-corrected chi connectivity index (χ2v) is 5.21. The first-order valence-electron chi connectivity index (χ1n) is 5.98. The normalized spacial score (nSPS) is 10.6. The lowest BCUT2D eigenvalue weighted by Gasteiger charge is -2.12. The molecule has 1 amide bonds. The molecule has 2 rings (SSSR count). The van der Waals surface area contributed by atoms with E-state index < -0.39 is 5.91 Å². The molecule has 0 saturated heterocycles. The van der Waals surface area contributed by atoms with Crippen LogP contribution >= 0.6 is 11.8 Å². The van der Waals surface area contributed by atoms with Gasteiger partial charge in [0.1, 0.15) is 5.69 Å². The van der Waals surface area contributed by atoms with Crippen molar-refractivity contribution in [2.75, 3.05) is 5.75 Å². The number of rotatable bonds is 5. The molecule has 6 heteroatoms. The Balaban J connectivity index is 2.48. The van der Waals surface area contributed by atoms with E-state index in [0.717, 1.165) is 21.9 Å². The molecular formula is C13H16N4OS. The number of primary amides is 1. The van der Waals surface area contributed by atoms with Crippen LogP contribution in [0.3, 0.4) is 0 Å². The van der Waals surface area contributed by atoms with Crippen molar-refractivity contribution in [3.05, 3.63) is 41.7 Å². The van der Waals surface area contributed by atoms with E-state index in [-0.39, 0.29) is 5.69 Å². The van der Waals surface area contributed by atoms with Crippen LogP contribution in [0, 0.1) is 0 Å². The van der Waals surface area contributed by atoms with Gasteiger partial charge in [-0.2, -0.15) is 5.10 Å². The van der Waals surface area contributed by atoms with Crippen LogP contribution in [0.1, 0.15) is 23.0 Å². The standard InChI is InChI=1S/C13H16N4OS/c1-2-19-12-5-3-4-11(9(12)8-14)17-7-6-10(16-17)13(15)18/h3-7H,2,8,14H2,1H3,(H2,15,18). The predicted octanol–water partition coefficient (Wildman–Crippen LogP) is 1.54. The lowest BCUT2D eigenvalue weighted by Crippen LogP contribution is -2.13. The van der Waals surface area contributed by atoms with Gasteiger partial charge in [-0.05, 0) is 24.0 Å². The number of benzene rings is 1. The highest BCUT2D eigenvalue weighted by Crippen LogP contribution is 2.27. The van der Waals surface area contributed by atoms with Crippen molar-refractivity contribution in [2.45, 2.75) is 18.4 Å². The highest BCUT2D eigenvalue weighted by atomic mass is 32.2. The lowest BCUT2D eigenvalue weighted by atomic mass is 10.2. The Kier molecular flexibility index (Phi) is 4.24. The Morgan fingerprint density at radius 2 is 2.21 bits per heavy atom. The first-order valence-corrected chi connectivity index (χ1v) is 6.96. The predicted molar refractivity (Wildman–Crippen MR) is 76.4 cm³/mol. The average molecular weight is 276 g/mol. The molecule has 0 saturated carbocycles. The van der Waals surface area contributed by atoms with Crippen molar-refractivity contribution >= 4 is 17.7 Å². The zero-order valence-electron chi connectivity index (χ0n) is 10.7. The summed E-state index contributed by atoms with van der Waals surface area (Å²) < 4.78 is 1.64. The van der Waals surface area contributed by atoms with Crippen LogP contribution in [0.25, 0.3) is 5.69 Å². The number of nitrogens with two attached hydrogens (primary N) is 2. The van der Waals surface area contributed by atoms with Crippen molar-refractivity contribution in [1.29, 1.82) is 0 Å². The lowest BCUT2D eigenvalue weighted by molar-refractivity contribution is 0.0995. The Morgan fingerprint density at radius 3 is 2.79 bits per heavy atom. The molecule has 19 heavy (non-hydrogen) atoms. The third-order valence-electron chi connectivity index (χ3n) is 2.70. The molecule has 0 spiro atoms. The fraction of sp³-hybridized carbons (Fsp3) is 0.231. The molecule has 0 radical (unpaired) electrons. The summed E-state index contributed by atoms with van der Waals surface area (Å²) in [4.78, 5) is 12.2. The van der Waals surface area contributed by atoms with Crippen LogP contribution in [-0.4, -0.2) is 21.4 Å². The van der Waals surface area contributed by atoms with Crippen LogP contribution < -0.4 is 11.5 Å². The maximum absolute atomic E-state index is 11.1. The largest absolute Gasteiger partial charge is 0.364 e. The van der Waals surface area contributed by atoms with Crippen LogP contribution in [0.5, 0.6) is 0 Å². The first kappa shape index (κ1) is 13.6. The van der Waals surface area contributed by atoms with Crippen molar-refractivity contribution in [3.63, 3.8) is 0 Å². The van der Waals surface area contributed by atoms with E-state index in [1.807, 2.05) is 18.2 Å². The van der Waals surface area contributed by atoms with E-state index in [2.05, 4.69) is 12.0 Å². The molecule has 0 atom stereocenters. The molecule has 1 aromatic heterocycles. The van der Waals surface area contributed by atoms with Crippen molar-refractivity contribution in [3.8, 4) is 5.69 Å². The molecule has 0 unspecified atom stereocenters. The summed E-state index contributed by atoms with van der Waals surface area (Å²) in [5.74, 6) is 0.439. The fourth-order valence-corrected chi connectivity index (χ4v) is 2.70. The summed E-state index contributed by atoms with van der Waals surface area (Å²) in [6.45, 7) is 2.51. The van der Waals surface area contributed by atoms with Crippen LogP contribution in [0.4, 0.5) is 0 Å². The molecule has 0 aliphatic heterocycles. The quantitative estimate of drug-likeness (QED) is 0.811. The van der Waals surface area contributed by atoms with Crippen LogP contribution in [0.15, 0.2) is 35.4 Å². The maximum Gasteiger partial charge on any atom is 0.269 e. The van der Waals surface area contributed by atoms with Gasteiger partial charge in [-0.1, -0.05) is 13.0 Å². The molecule has 5 nitrogen and oxygen atoms in total. The summed E-state index contributed by atoms with van der Waals surface area (Å²) in [7, 11) is 0. The molecule has 1 heterocycles. The van der Waals surface area contributed by atoms with Gasteiger partial charge in [0.15, 0.2) is 0 Å². The Labute approximate surface area is 116 Å². The van der Waals surface area contributed by atoms with E-state index in [1.165, 1.54) is 0 Å². The molecule has 0 aliphatic carbocycles. The van der Waals surface area contributed by atoms with Crippen molar-refractivity contribution < 1.29 is 4.79 Å². The minimum absolute atomic E-state index is 0.247. The molecule has 100 valence electrons. The zero-order chi connectivity index (χ0) is 13.8. The Bertz CT molecular complexity index is 594. The van der Waals surface area contributed by atoms with Crippen LogP contribution in [-0.2, 0) is 6.54 Å². The molecular weight excluding hydrogens is 260 g/mol. The van der Waals surface area contributed by atoms with Gasteiger partial charge in [0.25, 0.3) is 5.91 Å². The highest BCUT2D eigenvalue weighted by Gasteiger charge is 2.11. The topological polar surface area (TPSA) is 86.9 Å². The summed E-state index contributed by atoms with van der Waals surface area (Å²) in [6, 6.07) is 7.53. The molecule has 0 aliphatic rings. The number of hydrogen-bond donors (Lipinski definition) is 2. The number of amides is 1. The summed E-state index contributed by atoms with van der Waals surface area (Å²) in [6.07, 6.45) is 1.72. The third kappa shape index (κ3) is 2.80. The van der Waals surface area contributed by atoms with E-state index in [0.29, 0.717) is 6.54 Å². The van der Waals surface area contributed by atoms with Gasteiger partial charge in [-0.15, -0.1) is 11.8 Å². The number of nitrogens with zero attached hydrogens (tertiary/aromatic N) is 2. The average Bonchev–Trinajstić information content (AvgIpc) is 2.88. The fourth-order valence-electron chi connectivity index (χ4n) is 1.85. The Morgan fingerprint density at radius 1 is 1.42 bits per heavy atom. The molecule has 0 fully saturated rings. The molecule has 0 bridgehead atoms. The number of carbonyl (C=O) groups excluding carboxylic acids is 1. The summed E-state index contributed by atoms with van der Waals surface area (Å²) in [5.41, 5.74) is 13.2. The van der Waals surface area contributed by atoms with Crippen LogP contribution in [0.2, 0.25) is 0 Å². The maximum atomic E-state index is 11.1. The third-order valence-corrected chi connectivity index (χ3v) is 3.68. The van der Waals surface area contributed by atoms with Gasteiger partial charge in [-0.25, -0.2) is 4.68 Å². The molecule has 4 N–H and O–H groups in total. The SMILES string of the molecule is CCSc1cccc(-n2ccc(C(N)=O)n2)c1CN. The van der Waals surface area contributed by atoms with Crippen molar-refractivity contribution in [1.82, 2.24) is 9.78 Å². The van der Waals surface area contributed by atoms with E-state index in [1.54, 1.807) is 28.7 Å². The van der Waals surface area contributed by atoms with Crippen molar-refractivity contribution in [2.24, 2.45) is 11.5 Å². The molecule has 2 aromatic rings. The number of carbonyl (C=O) groups is 1. The minimum atomic E-state index is -0.535. The van der Waals surface area contributed by atoms with Gasteiger partial charge in [-0.3, -0.25) is 4.79 Å². The number of hydrogen-bond acceptors (Lipinski definition) is 4. The highest BCUT2D eigenvalue weighted by molar-refractivity contribution is 7.99. The van der Waals surface area contributed by atoms with E-state index >= 15 is 0 Å². The van der Waals surface area contributed by atoms with E-state index in [9.17, 15) is 4.79 Å².